The Balaban J connectivity index is 1.51. The molecular formula is C19H16N4O2S. The van der Waals surface area contributed by atoms with Gasteiger partial charge in [0.15, 0.2) is 16.6 Å². The zero-order valence-corrected chi connectivity index (χ0v) is 14.9. The van der Waals surface area contributed by atoms with E-state index < -0.39 is 0 Å². The van der Waals surface area contributed by atoms with Crippen molar-refractivity contribution in [3.63, 3.8) is 0 Å². The SMILES string of the molecule is CSc1nc(C(=O)NCc2ncc(-c3ccccc3)o2)c2ccccn12. The molecule has 0 radical (unpaired) electrons. The number of thioether (sulfide) groups is 1. The number of oxazole rings is 1. The van der Waals surface area contributed by atoms with Gasteiger partial charge >= 0.3 is 0 Å². The molecule has 7 heteroatoms. The van der Waals surface area contributed by atoms with E-state index in [4.69, 9.17) is 4.42 Å². The van der Waals surface area contributed by atoms with Crippen LogP contribution >= 0.6 is 11.8 Å². The van der Waals surface area contributed by atoms with Crippen molar-refractivity contribution in [2.24, 2.45) is 0 Å². The third-order valence-electron chi connectivity index (χ3n) is 3.93. The van der Waals surface area contributed by atoms with Crippen LogP contribution < -0.4 is 5.32 Å². The van der Waals surface area contributed by atoms with Gasteiger partial charge in [-0.2, -0.15) is 0 Å². The standard InChI is InChI=1S/C19H16N4O2S/c1-26-19-22-17(14-9-5-6-10-23(14)19)18(24)21-12-16-20-11-15(25-16)13-7-3-2-4-8-13/h2-11H,12H2,1H3,(H,21,24). The van der Waals surface area contributed by atoms with Gasteiger partial charge in [-0.25, -0.2) is 9.97 Å². The van der Waals surface area contributed by atoms with E-state index in [9.17, 15) is 4.79 Å². The molecule has 26 heavy (non-hydrogen) atoms. The van der Waals surface area contributed by atoms with Gasteiger partial charge in [-0.05, 0) is 18.4 Å². The minimum Gasteiger partial charge on any atom is -0.439 e. The van der Waals surface area contributed by atoms with Crippen LogP contribution in [0.1, 0.15) is 16.4 Å². The molecule has 1 amide bonds. The van der Waals surface area contributed by atoms with Gasteiger partial charge in [0, 0.05) is 11.8 Å². The van der Waals surface area contributed by atoms with Crippen LogP contribution in [0.3, 0.4) is 0 Å². The molecule has 4 aromatic rings. The third-order valence-corrected chi connectivity index (χ3v) is 4.58. The van der Waals surface area contributed by atoms with Gasteiger partial charge in [-0.1, -0.05) is 48.2 Å². The summed E-state index contributed by atoms with van der Waals surface area (Å²) in [6, 6.07) is 15.4. The van der Waals surface area contributed by atoms with E-state index in [0.717, 1.165) is 16.2 Å². The smallest absolute Gasteiger partial charge is 0.272 e. The molecule has 0 aliphatic carbocycles. The molecule has 0 fully saturated rings. The number of benzene rings is 1. The van der Waals surface area contributed by atoms with Crippen molar-refractivity contribution in [3.8, 4) is 11.3 Å². The Labute approximate surface area is 154 Å². The van der Waals surface area contributed by atoms with Crippen LogP contribution in [0.4, 0.5) is 0 Å². The second-order valence-corrected chi connectivity index (χ2v) is 6.34. The van der Waals surface area contributed by atoms with Gasteiger partial charge in [0.2, 0.25) is 5.89 Å². The lowest BCUT2D eigenvalue weighted by molar-refractivity contribution is 0.0944. The predicted octanol–water partition coefficient (Wildman–Crippen LogP) is 3.64. The van der Waals surface area contributed by atoms with Gasteiger partial charge in [0.1, 0.15) is 0 Å². The zero-order valence-electron chi connectivity index (χ0n) is 14.0. The summed E-state index contributed by atoms with van der Waals surface area (Å²) in [5, 5.41) is 3.60. The molecule has 0 bridgehead atoms. The summed E-state index contributed by atoms with van der Waals surface area (Å²) < 4.78 is 7.62. The van der Waals surface area contributed by atoms with Gasteiger partial charge in [-0.15, -0.1) is 0 Å². The first-order valence-electron chi connectivity index (χ1n) is 8.05. The monoisotopic (exact) mass is 364 g/mol. The van der Waals surface area contributed by atoms with Crippen molar-refractivity contribution in [1.82, 2.24) is 19.7 Å². The Morgan fingerprint density at radius 2 is 2.00 bits per heavy atom. The average molecular weight is 364 g/mol. The molecule has 3 heterocycles. The van der Waals surface area contributed by atoms with Crippen LogP contribution in [0.5, 0.6) is 0 Å². The Kier molecular flexibility index (Phi) is 4.45. The highest BCUT2D eigenvalue weighted by molar-refractivity contribution is 7.98. The van der Waals surface area contributed by atoms with Crippen molar-refractivity contribution in [1.29, 1.82) is 0 Å². The highest BCUT2D eigenvalue weighted by Gasteiger charge is 2.17. The second kappa shape index (κ2) is 7.05. The maximum absolute atomic E-state index is 12.6. The number of fused-ring (bicyclic) bond motifs is 1. The lowest BCUT2D eigenvalue weighted by Gasteiger charge is -2.01. The van der Waals surface area contributed by atoms with Gasteiger partial charge in [0.05, 0.1) is 18.3 Å². The lowest BCUT2D eigenvalue weighted by Crippen LogP contribution is -2.23. The first-order valence-corrected chi connectivity index (χ1v) is 9.28. The number of aromatic nitrogens is 3. The number of hydrogen-bond donors (Lipinski definition) is 1. The molecule has 0 spiro atoms. The van der Waals surface area contributed by atoms with Crippen molar-refractivity contribution < 1.29 is 9.21 Å². The van der Waals surface area contributed by atoms with Crippen molar-refractivity contribution in [2.75, 3.05) is 6.26 Å². The molecule has 0 saturated carbocycles. The van der Waals surface area contributed by atoms with E-state index >= 15 is 0 Å². The van der Waals surface area contributed by atoms with Crippen molar-refractivity contribution in [2.45, 2.75) is 11.7 Å². The largest absolute Gasteiger partial charge is 0.439 e. The molecule has 1 N–H and O–H groups in total. The molecule has 0 atom stereocenters. The minimum atomic E-state index is -0.256. The summed E-state index contributed by atoms with van der Waals surface area (Å²) in [5.41, 5.74) is 2.11. The first kappa shape index (κ1) is 16.4. The quantitative estimate of drug-likeness (QED) is 0.547. The molecule has 0 saturated heterocycles. The summed E-state index contributed by atoms with van der Waals surface area (Å²) in [4.78, 5) is 21.2. The summed E-state index contributed by atoms with van der Waals surface area (Å²) >= 11 is 1.49. The second-order valence-electron chi connectivity index (χ2n) is 5.57. The van der Waals surface area contributed by atoms with Gasteiger partial charge in [0.25, 0.3) is 5.91 Å². The van der Waals surface area contributed by atoms with Crippen LogP contribution in [0.2, 0.25) is 0 Å². The Morgan fingerprint density at radius 3 is 2.81 bits per heavy atom. The minimum absolute atomic E-state index is 0.201. The number of nitrogens with one attached hydrogen (secondary N) is 1. The summed E-state index contributed by atoms with van der Waals surface area (Å²) in [6.45, 7) is 0.201. The van der Waals surface area contributed by atoms with Crippen LogP contribution in [0.25, 0.3) is 16.8 Å². The first-order chi connectivity index (χ1) is 12.8. The summed E-state index contributed by atoms with van der Waals surface area (Å²) in [5.74, 6) is 0.867. The van der Waals surface area contributed by atoms with Crippen LogP contribution in [0.15, 0.2) is 70.5 Å². The van der Waals surface area contributed by atoms with E-state index in [1.54, 1.807) is 6.20 Å². The molecule has 0 unspecified atom stereocenters. The number of hydrogen-bond acceptors (Lipinski definition) is 5. The van der Waals surface area contributed by atoms with Gasteiger partial charge in [-0.3, -0.25) is 9.20 Å². The maximum atomic E-state index is 12.6. The Morgan fingerprint density at radius 1 is 1.19 bits per heavy atom. The summed E-state index contributed by atoms with van der Waals surface area (Å²) in [6.07, 6.45) is 5.49. The van der Waals surface area contributed by atoms with Crippen LogP contribution in [-0.4, -0.2) is 26.5 Å². The van der Waals surface area contributed by atoms with E-state index in [1.165, 1.54) is 11.8 Å². The molecule has 3 aromatic heterocycles. The van der Waals surface area contributed by atoms with E-state index in [2.05, 4.69) is 15.3 Å². The van der Waals surface area contributed by atoms with E-state index in [0.29, 0.717) is 17.3 Å². The van der Waals surface area contributed by atoms with E-state index in [-0.39, 0.29) is 12.5 Å². The highest BCUT2D eigenvalue weighted by Crippen LogP contribution is 2.21. The maximum Gasteiger partial charge on any atom is 0.272 e. The number of carbonyl (C=O) groups excluding carboxylic acids is 1. The molecule has 0 aliphatic rings. The number of nitrogens with zero attached hydrogens (tertiary/aromatic N) is 3. The average Bonchev–Trinajstić information content (AvgIpc) is 3.31. The third kappa shape index (κ3) is 3.09. The number of amides is 1. The number of pyridine rings is 1. The van der Waals surface area contributed by atoms with Crippen molar-refractivity contribution in [3.05, 3.63) is 72.5 Å². The van der Waals surface area contributed by atoms with Crippen molar-refractivity contribution >= 4 is 23.2 Å². The number of carbonyl (C=O) groups is 1. The van der Waals surface area contributed by atoms with E-state index in [1.807, 2.05) is 65.4 Å². The van der Waals surface area contributed by atoms with Crippen LogP contribution in [-0.2, 0) is 6.54 Å². The molecule has 6 nitrogen and oxygen atoms in total. The summed E-state index contributed by atoms with van der Waals surface area (Å²) in [7, 11) is 0. The molecule has 130 valence electrons. The topological polar surface area (TPSA) is 72.4 Å². The fourth-order valence-corrected chi connectivity index (χ4v) is 3.23. The number of imidazole rings is 1. The zero-order chi connectivity index (χ0) is 17.9. The molecule has 0 aliphatic heterocycles. The highest BCUT2D eigenvalue weighted by atomic mass is 32.2. The fraction of sp³-hybridized carbons (Fsp3) is 0.105. The number of rotatable bonds is 5. The fourth-order valence-electron chi connectivity index (χ4n) is 2.69. The Bertz CT molecular complexity index is 1060. The molecule has 1 aromatic carbocycles. The normalized spacial score (nSPS) is 11.0. The lowest BCUT2D eigenvalue weighted by atomic mass is 10.2. The molecule has 4 rings (SSSR count). The van der Waals surface area contributed by atoms with Crippen LogP contribution in [0, 0.1) is 0 Å². The van der Waals surface area contributed by atoms with Gasteiger partial charge < -0.3 is 9.73 Å². The Hall–Kier alpha value is -3.06. The molecular weight excluding hydrogens is 348 g/mol. The predicted molar refractivity (Wildman–Crippen MR) is 100 cm³/mol.